The predicted octanol–water partition coefficient (Wildman–Crippen LogP) is 7.20. The highest BCUT2D eigenvalue weighted by Crippen LogP contribution is 2.40. The van der Waals surface area contributed by atoms with E-state index in [1.165, 1.54) is 30.5 Å². The van der Waals surface area contributed by atoms with Crippen molar-refractivity contribution in [1.82, 2.24) is 19.5 Å². The molecule has 0 radical (unpaired) electrons. The number of nitrogens with zero attached hydrogens (tertiary/aromatic N) is 4. The van der Waals surface area contributed by atoms with E-state index in [4.69, 9.17) is 26.1 Å². The second-order valence-corrected chi connectivity index (χ2v) is 12.0. The summed E-state index contributed by atoms with van der Waals surface area (Å²) in [5.74, 6) is -1.36. The van der Waals surface area contributed by atoms with Crippen LogP contribution in [0.5, 0.6) is 6.01 Å². The van der Waals surface area contributed by atoms with Gasteiger partial charge in [0.25, 0.3) is 0 Å². The van der Waals surface area contributed by atoms with Crippen molar-refractivity contribution >= 4 is 28.6 Å². The zero-order valence-electron chi connectivity index (χ0n) is 24.3. The van der Waals surface area contributed by atoms with Gasteiger partial charge in [0, 0.05) is 34.2 Å². The fourth-order valence-electron chi connectivity index (χ4n) is 5.59. The molecule has 1 fully saturated rings. The molecular formula is C33H29ClF2N4O4. The van der Waals surface area contributed by atoms with Crippen molar-refractivity contribution in [3.05, 3.63) is 106 Å². The lowest BCUT2D eigenvalue weighted by Crippen LogP contribution is -2.27. The average Bonchev–Trinajstić information content (AvgIpc) is 3.51. The maximum atomic E-state index is 15.8. The molecule has 3 aromatic carbocycles. The highest BCUT2D eigenvalue weighted by Gasteiger charge is 2.39. The lowest BCUT2D eigenvalue weighted by molar-refractivity contribution is 0.0697. The van der Waals surface area contributed by atoms with Crippen molar-refractivity contribution in [3.63, 3.8) is 0 Å². The van der Waals surface area contributed by atoms with Crippen molar-refractivity contribution in [3.8, 4) is 17.3 Å². The van der Waals surface area contributed by atoms with Crippen LogP contribution in [0.15, 0.2) is 60.8 Å². The molecule has 8 nitrogen and oxygen atoms in total. The average molecular weight is 619 g/mol. The highest BCUT2D eigenvalue weighted by molar-refractivity contribution is 6.30. The van der Waals surface area contributed by atoms with Crippen LogP contribution in [-0.4, -0.2) is 43.8 Å². The van der Waals surface area contributed by atoms with E-state index in [1.54, 1.807) is 30.3 Å². The summed E-state index contributed by atoms with van der Waals surface area (Å²) >= 11 is 5.82. The summed E-state index contributed by atoms with van der Waals surface area (Å²) in [4.78, 5) is 25.1. The first-order valence-corrected chi connectivity index (χ1v) is 14.4. The first kappa shape index (κ1) is 29.7. The summed E-state index contributed by atoms with van der Waals surface area (Å²) in [6.45, 7) is 6.92. The van der Waals surface area contributed by atoms with Crippen molar-refractivity contribution in [2.75, 3.05) is 13.2 Å². The van der Waals surface area contributed by atoms with E-state index in [9.17, 15) is 14.3 Å². The van der Waals surface area contributed by atoms with Crippen LogP contribution in [0.1, 0.15) is 52.8 Å². The van der Waals surface area contributed by atoms with E-state index in [0.717, 1.165) is 5.56 Å². The van der Waals surface area contributed by atoms with Gasteiger partial charge in [0.15, 0.2) is 0 Å². The number of fused-ring (bicyclic) bond motifs is 1. The van der Waals surface area contributed by atoms with E-state index in [2.05, 4.69) is 23.8 Å². The number of aromatic carboxylic acids is 1. The molecular weight excluding hydrogens is 590 g/mol. The van der Waals surface area contributed by atoms with Crippen LogP contribution >= 0.6 is 11.6 Å². The number of hydrogen-bond acceptors (Lipinski definition) is 6. The van der Waals surface area contributed by atoms with Crippen molar-refractivity contribution in [2.45, 2.75) is 39.8 Å². The van der Waals surface area contributed by atoms with Gasteiger partial charge in [-0.25, -0.2) is 23.5 Å². The molecule has 0 amide bonds. The third-order valence-electron chi connectivity index (χ3n) is 8.00. The molecule has 6 rings (SSSR count). The third kappa shape index (κ3) is 5.75. The second kappa shape index (κ2) is 11.6. The fourth-order valence-corrected chi connectivity index (χ4v) is 5.75. The van der Waals surface area contributed by atoms with Crippen LogP contribution < -0.4 is 4.74 Å². The Balaban J connectivity index is 1.31. The minimum absolute atomic E-state index is 0.0246. The van der Waals surface area contributed by atoms with Gasteiger partial charge in [0.2, 0.25) is 0 Å². The molecule has 226 valence electrons. The van der Waals surface area contributed by atoms with E-state index in [0.29, 0.717) is 52.5 Å². The normalized spacial score (nSPS) is 16.0. The molecule has 3 heterocycles. The molecule has 1 atom stereocenters. The van der Waals surface area contributed by atoms with Gasteiger partial charge in [-0.2, -0.15) is 4.98 Å². The summed E-state index contributed by atoms with van der Waals surface area (Å²) < 4.78 is 43.4. The van der Waals surface area contributed by atoms with E-state index >= 15 is 4.39 Å². The predicted molar refractivity (Wildman–Crippen MR) is 161 cm³/mol. The molecule has 0 bridgehead atoms. The van der Waals surface area contributed by atoms with Gasteiger partial charge in [-0.3, -0.25) is 0 Å². The molecule has 11 heteroatoms. The first-order chi connectivity index (χ1) is 21.0. The number of aromatic nitrogens is 4. The molecule has 0 spiro atoms. The Morgan fingerprint density at radius 3 is 2.61 bits per heavy atom. The van der Waals surface area contributed by atoms with Gasteiger partial charge in [-0.05, 0) is 60.5 Å². The number of imidazole rings is 1. The number of benzene rings is 3. The second-order valence-electron chi connectivity index (χ2n) is 11.6. The third-order valence-corrected chi connectivity index (χ3v) is 8.23. The maximum Gasteiger partial charge on any atom is 0.335 e. The Bertz CT molecular complexity index is 1910. The molecule has 44 heavy (non-hydrogen) atoms. The summed E-state index contributed by atoms with van der Waals surface area (Å²) in [6, 6.07) is 13.9. The van der Waals surface area contributed by atoms with Crippen LogP contribution in [-0.2, 0) is 17.8 Å². The zero-order valence-corrected chi connectivity index (χ0v) is 25.0. The van der Waals surface area contributed by atoms with Crippen molar-refractivity contribution in [2.24, 2.45) is 5.41 Å². The SMILES string of the molecule is Cc1cc(Cc2nc3ccc(C(=O)O)cc3n2C2COCC2(C)C)c(F)cc1-c1ccnc(OCc2ccc(Cl)cc2F)n1. The number of carboxylic acids is 1. The number of aryl methyl sites for hydroxylation is 1. The summed E-state index contributed by atoms with van der Waals surface area (Å²) in [6.07, 6.45) is 1.68. The molecule has 0 aliphatic carbocycles. The molecule has 1 unspecified atom stereocenters. The standard InChI is InChI=1S/C33H29ClF2N4O4/c1-18-10-21(12-30-38-27-7-5-19(31(41)42)11-28(27)40(30)29-16-43-17-33(29,2)3)25(36)14-23(18)26-8-9-37-32(39-26)44-15-20-4-6-22(34)13-24(20)35/h4-11,13-14,29H,12,15-17H2,1-3H3,(H,41,42). The lowest BCUT2D eigenvalue weighted by Gasteiger charge is -2.28. The summed E-state index contributed by atoms with van der Waals surface area (Å²) in [5, 5.41) is 9.89. The molecule has 1 aliphatic rings. The molecule has 5 aromatic rings. The molecule has 1 aliphatic heterocycles. The van der Waals surface area contributed by atoms with E-state index in [-0.39, 0.29) is 41.1 Å². The summed E-state index contributed by atoms with van der Waals surface area (Å²) in [7, 11) is 0. The number of carbonyl (C=O) groups is 1. The Hall–Kier alpha value is -4.41. The van der Waals surface area contributed by atoms with Crippen molar-refractivity contribution in [1.29, 1.82) is 0 Å². The van der Waals surface area contributed by atoms with E-state index in [1.807, 2.05) is 11.5 Å². The zero-order chi connectivity index (χ0) is 31.2. The molecule has 2 aromatic heterocycles. The Morgan fingerprint density at radius 2 is 1.89 bits per heavy atom. The monoisotopic (exact) mass is 618 g/mol. The lowest BCUT2D eigenvalue weighted by atomic mass is 9.87. The Morgan fingerprint density at radius 1 is 1.09 bits per heavy atom. The maximum absolute atomic E-state index is 15.8. The van der Waals surface area contributed by atoms with E-state index < -0.39 is 17.6 Å². The van der Waals surface area contributed by atoms with Crippen LogP contribution in [0.4, 0.5) is 8.78 Å². The number of rotatable bonds is 8. The molecule has 0 saturated carbocycles. The number of halogens is 3. The van der Waals surface area contributed by atoms with Gasteiger partial charge >= 0.3 is 12.0 Å². The largest absolute Gasteiger partial charge is 0.478 e. The smallest absolute Gasteiger partial charge is 0.335 e. The summed E-state index contributed by atoms with van der Waals surface area (Å²) in [5.41, 5.74) is 3.72. The number of carboxylic acid groups (broad SMARTS) is 1. The van der Waals surface area contributed by atoms with Crippen LogP contribution in [0.3, 0.4) is 0 Å². The minimum atomic E-state index is -1.03. The van der Waals surface area contributed by atoms with Gasteiger partial charge in [0.1, 0.15) is 24.1 Å². The first-order valence-electron chi connectivity index (χ1n) is 14.0. The Labute approximate surface area is 257 Å². The topological polar surface area (TPSA) is 99.4 Å². The minimum Gasteiger partial charge on any atom is -0.478 e. The van der Waals surface area contributed by atoms with Gasteiger partial charge in [0.05, 0.1) is 41.5 Å². The van der Waals surface area contributed by atoms with Crippen LogP contribution in [0.25, 0.3) is 22.3 Å². The quantitative estimate of drug-likeness (QED) is 0.196. The molecule has 1 saturated heterocycles. The van der Waals surface area contributed by atoms with Crippen LogP contribution in [0, 0.1) is 24.0 Å². The van der Waals surface area contributed by atoms with Crippen molar-refractivity contribution < 1.29 is 28.2 Å². The Kier molecular flexibility index (Phi) is 7.81. The van der Waals surface area contributed by atoms with Gasteiger partial charge < -0.3 is 19.1 Å². The fraction of sp³-hybridized carbons (Fsp3) is 0.273. The highest BCUT2D eigenvalue weighted by atomic mass is 35.5. The molecule has 1 N–H and O–H groups in total. The number of ether oxygens (including phenoxy) is 2. The number of hydrogen-bond donors (Lipinski definition) is 1. The van der Waals surface area contributed by atoms with Crippen LogP contribution in [0.2, 0.25) is 5.02 Å². The van der Waals surface area contributed by atoms with Gasteiger partial charge in [-0.15, -0.1) is 0 Å². The van der Waals surface area contributed by atoms with Gasteiger partial charge in [-0.1, -0.05) is 37.6 Å².